The number of nitrogens with zero attached hydrogens (tertiary/aromatic N) is 2. The van der Waals surface area contributed by atoms with Gasteiger partial charge in [0.25, 0.3) is 0 Å². The van der Waals surface area contributed by atoms with E-state index in [0.29, 0.717) is 6.04 Å². The molecule has 1 N–H and O–H groups in total. The third-order valence-corrected chi connectivity index (χ3v) is 3.99. The van der Waals surface area contributed by atoms with Crippen molar-refractivity contribution in [1.82, 2.24) is 15.3 Å². The van der Waals surface area contributed by atoms with Gasteiger partial charge in [0, 0.05) is 36.2 Å². The number of hydrogen-bond donors (Lipinski definition) is 1. The van der Waals surface area contributed by atoms with Gasteiger partial charge in [0.05, 0.1) is 0 Å². The largest absolute Gasteiger partial charge is 0.439 e. The quantitative estimate of drug-likeness (QED) is 0.879. The summed E-state index contributed by atoms with van der Waals surface area (Å²) in [5.74, 6) is 3.12. The molecule has 0 amide bonds. The highest BCUT2D eigenvalue weighted by molar-refractivity contribution is 7.99. The van der Waals surface area contributed by atoms with Crippen molar-refractivity contribution in [3.8, 4) is 0 Å². The number of fused-ring (bicyclic) bond motifs is 1. The maximum atomic E-state index is 5.70. The molecule has 0 radical (unpaired) electrons. The van der Waals surface area contributed by atoms with Gasteiger partial charge in [-0.1, -0.05) is 0 Å². The number of pyridine rings is 1. The summed E-state index contributed by atoms with van der Waals surface area (Å²) in [5, 5.41) is 3.48. The molecule has 3 heterocycles. The molecule has 1 atom stereocenters. The zero-order valence-electron chi connectivity index (χ0n) is 9.77. The molecule has 1 fully saturated rings. The van der Waals surface area contributed by atoms with Gasteiger partial charge < -0.3 is 9.73 Å². The van der Waals surface area contributed by atoms with Crippen LogP contribution >= 0.6 is 11.8 Å². The average molecular weight is 249 g/mol. The van der Waals surface area contributed by atoms with E-state index in [4.69, 9.17) is 4.42 Å². The molecule has 0 bridgehead atoms. The Morgan fingerprint density at radius 2 is 2.41 bits per heavy atom. The molecule has 3 rings (SSSR count). The molecule has 5 heteroatoms. The van der Waals surface area contributed by atoms with E-state index in [1.807, 2.05) is 30.8 Å². The second kappa shape index (κ2) is 4.66. The Morgan fingerprint density at radius 1 is 1.47 bits per heavy atom. The van der Waals surface area contributed by atoms with Crippen LogP contribution in [-0.2, 0) is 6.42 Å². The lowest BCUT2D eigenvalue weighted by Crippen LogP contribution is -2.38. The van der Waals surface area contributed by atoms with Crippen LogP contribution in [0, 0.1) is 6.92 Å². The first kappa shape index (κ1) is 11.0. The Labute approximate surface area is 104 Å². The van der Waals surface area contributed by atoms with Gasteiger partial charge in [0.1, 0.15) is 0 Å². The molecular weight excluding hydrogens is 234 g/mol. The molecule has 0 aromatic carbocycles. The molecule has 0 saturated carbocycles. The monoisotopic (exact) mass is 249 g/mol. The molecule has 4 nitrogen and oxygen atoms in total. The predicted molar refractivity (Wildman–Crippen MR) is 69.4 cm³/mol. The number of rotatable bonds is 2. The van der Waals surface area contributed by atoms with Crippen molar-refractivity contribution in [1.29, 1.82) is 0 Å². The fourth-order valence-electron chi connectivity index (χ4n) is 2.01. The summed E-state index contributed by atoms with van der Waals surface area (Å²) in [5.41, 5.74) is 2.49. The van der Waals surface area contributed by atoms with E-state index < -0.39 is 0 Å². The third kappa shape index (κ3) is 2.45. The second-order valence-corrected chi connectivity index (χ2v) is 5.46. The van der Waals surface area contributed by atoms with Gasteiger partial charge in [-0.25, -0.2) is 4.98 Å². The van der Waals surface area contributed by atoms with Crippen molar-refractivity contribution in [2.75, 3.05) is 18.1 Å². The summed E-state index contributed by atoms with van der Waals surface area (Å²) in [4.78, 5) is 8.80. The van der Waals surface area contributed by atoms with Gasteiger partial charge in [-0.2, -0.15) is 16.7 Å². The highest BCUT2D eigenvalue weighted by Crippen LogP contribution is 2.17. The predicted octanol–water partition coefficient (Wildman–Crippen LogP) is 1.78. The summed E-state index contributed by atoms with van der Waals surface area (Å²) >= 11 is 1.98. The fourth-order valence-corrected chi connectivity index (χ4v) is 2.96. The second-order valence-electron chi connectivity index (χ2n) is 4.31. The van der Waals surface area contributed by atoms with E-state index in [0.717, 1.165) is 41.5 Å². The average Bonchev–Trinajstić information content (AvgIpc) is 2.71. The molecule has 0 spiro atoms. The number of thioether (sulfide) groups is 1. The smallest absolute Gasteiger partial charge is 0.199 e. The lowest BCUT2D eigenvalue weighted by Gasteiger charge is -2.21. The van der Waals surface area contributed by atoms with Crippen LogP contribution < -0.4 is 5.32 Å². The van der Waals surface area contributed by atoms with Crippen molar-refractivity contribution in [3.05, 3.63) is 23.7 Å². The minimum absolute atomic E-state index is 0.475. The van der Waals surface area contributed by atoms with Crippen molar-refractivity contribution in [2.45, 2.75) is 19.4 Å². The normalized spacial score (nSPS) is 20.9. The number of aromatic nitrogens is 2. The van der Waals surface area contributed by atoms with Gasteiger partial charge >= 0.3 is 0 Å². The fraction of sp³-hybridized carbons (Fsp3) is 0.500. The maximum absolute atomic E-state index is 5.70. The molecule has 17 heavy (non-hydrogen) atoms. The van der Waals surface area contributed by atoms with Gasteiger partial charge in [-0.3, -0.25) is 0 Å². The minimum atomic E-state index is 0.475. The summed E-state index contributed by atoms with van der Waals surface area (Å²) in [7, 11) is 0. The van der Waals surface area contributed by atoms with Crippen molar-refractivity contribution >= 4 is 23.0 Å². The SMILES string of the molecule is Cc1ccc2oc(CC3CSCCN3)nc2n1. The summed E-state index contributed by atoms with van der Waals surface area (Å²) in [6.07, 6.45) is 0.850. The van der Waals surface area contributed by atoms with E-state index in [2.05, 4.69) is 15.3 Å². The highest BCUT2D eigenvalue weighted by Gasteiger charge is 2.17. The van der Waals surface area contributed by atoms with Gasteiger partial charge in [0.2, 0.25) is 0 Å². The number of oxazole rings is 1. The standard InChI is InChI=1S/C12H15N3OS/c1-8-2-3-10-12(14-8)15-11(16-10)6-9-7-17-5-4-13-9/h2-3,9,13H,4-7H2,1H3. The third-order valence-electron chi connectivity index (χ3n) is 2.86. The van der Waals surface area contributed by atoms with Crippen LogP contribution in [0.4, 0.5) is 0 Å². The van der Waals surface area contributed by atoms with E-state index in [1.165, 1.54) is 5.75 Å². The first-order valence-electron chi connectivity index (χ1n) is 5.85. The van der Waals surface area contributed by atoms with Crippen molar-refractivity contribution in [3.63, 3.8) is 0 Å². The molecule has 1 aliphatic heterocycles. The molecular formula is C12H15N3OS. The van der Waals surface area contributed by atoms with Crippen LogP contribution in [0.1, 0.15) is 11.6 Å². The van der Waals surface area contributed by atoms with Crippen LogP contribution in [0.3, 0.4) is 0 Å². The van der Waals surface area contributed by atoms with E-state index in [-0.39, 0.29) is 0 Å². The van der Waals surface area contributed by atoms with Crippen LogP contribution in [0.15, 0.2) is 16.5 Å². The van der Waals surface area contributed by atoms with E-state index >= 15 is 0 Å². The molecule has 2 aromatic rings. The van der Waals surface area contributed by atoms with Gasteiger partial charge in [-0.15, -0.1) is 0 Å². The molecule has 1 unspecified atom stereocenters. The molecule has 1 aliphatic rings. The van der Waals surface area contributed by atoms with Gasteiger partial charge in [-0.05, 0) is 19.1 Å². The number of nitrogens with one attached hydrogen (secondary N) is 1. The maximum Gasteiger partial charge on any atom is 0.199 e. The Bertz CT molecular complexity index is 519. The van der Waals surface area contributed by atoms with Crippen molar-refractivity contribution in [2.24, 2.45) is 0 Å². The number of aryl methyl sites for hydroxylation is 1. The Balaban J connectivity index is 1.80. The molecule has 2 aromatic heterocycles. The Morgan fingerprint density at radius 3 is 3.24 bits per heavy atom. The topological polar surface area (TPSA) is 51.0 Å². The van der Waals surface area contributed by atoms with Crippen LogP contribution in [0.25, 0.3) is 11.2 Å². The van der Waals surface area contributed by atoms with Gasteiger partial charge in [0.15, 0.2) is 17.1 Å². The van der Waals surface area contributed by atoms with Crippen molar-refractivity contribution < 1.29 is 4.42 Å². The molecule has 90 valence electrons. The van der Waals surface area contributed by atoms with Crippen LogP contribution in [-0.4, -0.2) is 34.1 Å². The minimum Gasteiger partial charge on any atom is -0.439 e. The lowest BCUT2D eigenvalue weighted by molar-refractivity contribution is 0.469. The zero-order valence-corrected chi connectivity index (χ0v) is 10.6. The Kier molecular flexibility index (Phi) is 3.03. The highest BCUT2D eigenvalue weighted by atomic mass is 32.2. The molecule has 1 saturated heterocycles. The first-order valence-corrected chi connectivity index (χ1v) is 7.01. The lowest BCUT2D eigenvalue weighted by atomic mass is 10.2. The van der Waals surface area contributed by atoms with E-state index in [9.17, 15) is 0 Å². The summed E-state index contributed by atoms with van der Waals surface area (Å²) < 4.78 is 5.70. The summed E-state index contributed by atoms with van der Waals surface area (Å²) in [6.45, 7) is 3.04. The first-order chi connectivity index (χ1) is 8.31. The molecule has 0 aliphatic carbocycles. The van der Waals surface area contributed by atoms with Crippen LogP contribution in [0.5, 0.6) is 0 Å². The van der Waals surface area contributed by atoms with Crippen LogP contribution in [0.2, 0.25) is 0 Å². The number of hydrogen-bond acceptors (Lipinski definition) is 5. The Hall–Kier alpha value is -1.07. The van der Waals surface area contributed by atoms with E-state index in [1.54, 1.807) is 0 Å². The summed E-state index contributed by atoms with van der Waals surface area (Å²) in [6, 6.07) is 4.37. The zero-order chi connectivity index (χ0) is 11.7.